The Morgan fingerprint density at radius 1 is 1.03 bits per heavy atom. The number of benzene rings is 2. The van der Waals surface area contributed by atoms with E-state index in [9.17, 15) is 13.2 Å². The number of amides is 1. The molecule has 0 radical (unpaired) electrons. The zero-order chi connectivity index (χ0) is 28.6. The molecule has 0 bridgehead atoms. The molecule has 39 heavy (non-hydrogen) atoms. The normalized spacial score (nSPS) is 21.4. The van der Waals surface area contributed by atoms with Crippen molar-refractivity contribution in [1.29, 1.82) is 0 Å². The van der Waals surface area contributed by atoms with Gasteiger partial charge in [-0.3, -0.25) is 4.79 Å². The van der Waals surface area contributed by atoms with Gasteiger partial charge in [0.15, 0.2) is 0 Å². The van der Waals surface area contributed by atoms with Crippen molar-refractivity contribution in [1.82, 2.24) is 8.87 Å². The molecule has 2 heterocycles. The second-order valence-electron chi connectivity index (χ2n) is 12.1. The molecule has 1 aliphatic heterocycles. The molecule has 1 saturated heterocycles. The van der Waals surface area contributed by atoms with Gasteiger partial charge < -0.3 is 14.4 Å². The van der Waals surface area contributed by atoms with Gasteiger partial charge in [0.25, 0.3) is 10.0 Å². The first-order valence-corrected chi connectivity index (χ1v) is 15.2. The van der Waals surface area contributed by atoms with E-state index in [1.54, 1.807) is 25.3 Å². The van der Waals surface area contributed by atoms with E-state index < -0.39 is 15.6 Å². The highest BCUT2D eigenvalue weighted by Crippen LogP contribution is 2.50. The summed E-state index contributed by atoms with van der Waals surface area (Å²) >= 11 is 0. The third-order valence-electron chi connectivity index (χ3n) is 8.69. The molecule has 5 rings (SSSR count). The molecule has 1 aliphatic carbocycles. The average Bonchev–Trinajstić information content (AvgIpc) is 3.26. The second-order valence-corrected chi connectivity index (χ2v) is 13.9. The maximum atomic E-state index is 14.7. The first kappa shape index (κ1) is 27.7. The molecule has 1 amide bonds. The van der Waals surface area contributed by atoms with E-state index >= 15 is 0 Å². The van der Waals surface area contributed by atoms with E-state index in [0.29, 0.717) is 22.6 Å². The Morgan fingerprint density at radius 3 is 2.18 bits per heavy atom. The fourth-order valence-electron chi connectivity index (χ4n) is 6.39. The molecular weight excluding hydrogens is 512 g/mol. The van der Waals surface area contributed by atoms with Gasteiger partial charge in [0.2, 0.25) is 5.91 Å². The Hall–Kier alpha value is -2.84. The highest BCUT2D eigenvalue weighted by atomic mass is 32.2. The quantitative estimate of drug-likeness (QED) is 0.381. The molecule has 0 spiro atoms. The molecule has 2 atom stereocenters. The highest BCUT2D eigenvalue weighted by molar-refractivity contribution is 7.90. The van der Waals surface area contributed by atoms with Crippen LogP contribution in [-0.2, 0) is 31.6 Å². The Balaban J connectivity index is 1.83. The summed E-state index contributed by atoms with van der Waals surface area (Å²) < 4.78 is 42.9. The minimum Gasteiger partial charge on any atom is -0.496 e. The number of hydrogen-bond acceptors (Lipinski definition) is 5. The number of carbonyl (C=O) groups excluding carboxylic acids is 1. The van der Waals surface area contributed by atoms with Crippen molar-refractivity contribution in [2.45, 2.75) is 89.2 Å². The van der Waals surface area contributed by atoms with Crippen molar-refractivity contribution >= 4 is 26.8 Å². The number of morpholine rings is 1. The summed E-state index contributed by atoms with van der Waals surface area (Å²) in [6.07, 6.45) is 2.23. The number of likely N-dealkylation sites (N-methyl/N-ethyl adjacent to an activating group) is 1. The van der Waals surface area contributed by atoms with Crippen molar-refractivity contribution in [2.24, 2.45) is 0 Å². The standard InChI is InChI=1S/C31H40N2O5S/c1-17(2)20-12-22(18(3)4)30(23(13-20)19(5)6)39(35,36)33-15-21-14-26-31(7,38-16-27(34)32(26)8)29-25(37-9)11-10-24(33)28(21)29/h10-13,15,17-19,26H,14,16H2,1-9H3/t26-,31+/m1/s1. The van der Waals surface area contributed by atoms with Crippen LogP contribution in [0.5, 0.6) is 5.75 Å². The lowest BCUT2D eigenvalue weighted by Crippen LogP contribution is -2.59. The Morgan fingerprint density at radius 2 is 1.64 bits per heavy atom. The predicted molar refractivity (Wildman–Crippen MR) is 153 cm³/mol. The van der Waals surface area contributed by atoms with Gasteiger partial charge in [-0.1, -0.05) is 53.7 Å². The molecule has 2 aliphatic rings. The molecule has 7 nitrogen and oxygen atoms in total. The molecule has 0 N–H and O–H groups in total. The third-order valence-corrected chi connectivity index (χ3v) is 10.5. The van der Waals surface area contributed by atoms with Crippen LogP contribution in [0.2, 0.25) is 0 Å². The zero-order valence-electron chi connectivity index (χ0n) is 24.5. The van der Waals surface area contributed by atoms with Gasteiger partial charge in [-0.2, -0.15) is 0 Å². The molecule has 2 aromatic carbocycles. The van der Waals surface area contributed by atoms with E-state index in [2.05, 4.69) is 53.7 Å². The fraction of sp³-hybridized carbons (Fsp3) is 0.516. The number of aromatic nitrogens is 1. The topological polar surface area (TPSA) is 77.8 Å². The highest BCUT2D eigenvalue weighted by Gasteiger charge is 2.51. The Labute approximate surface area is 232 Å². The van der Waals surface area contributed by atoms with Crippen LogP contribution < -0.4 is 4.74 Å². The SMILES string of the molecule is COc1ccc2c3c(cn2S(=O)(=O)c2c(C(C)C)cc(C(C)C)cc2C(C)C)C[C@H]2N(C)C(=O)CO[C@]2(C)c13. The average molecular weight is 553 g/mol. The predicted octanol–water partition coefficient (Wildman–Crippen LogP) is 5.89. The zero-order valence-corrected chi connectivity index (χ0v) is 25.3. The van der Waals surface area contributed by atoms with Crippen LogP contribution in [0.4, 0.5) is 0 Å². The van der Waals surface area contributed by atoms with Gasteiger partial charge in [0, 0.05) is 24.2 Å². The number of nitrogens with zero attached hydrogens (tertiary/aromatic N) is 2. The van der Waals surface area contributed by atoms with Crippen LogP contribution in [0.1, 0.15) is 94.0 Å². The molecular formula is C31H40N2O5S. The van der Waals surface area contributed by atoms with E-state index in [4.69, 9.17) is 9.47 Å². The summed E-state index contributed by atoms with van der Waals surface area (Å²) in [5, 5.41) is 0.829. The second kappa shape index (κ2) is 9.37. The minimum absolute atomic E-state index is 0.0217. The smallest absolute Gasteiger partial charge is 0.268 e. The van der Waals surface area contributed by atoms with Gasteiger partial charge in [0.1, 0.15) is 18.0 Å². The number of ether oxygens (including phenoxy) is 2. The van der Waals surface area contributed by atoms with E-state index in [1.165, 1.54) is 3.97 Å². The van der Waals surface area contributed by atoms with Crippen molar-refractivity contribution < 1.29 is 22.7 Å². The maximum Gasteiger partial charge on any atom is 0.268 e. The number of rotatable bonds is 6. The summed E-state index contributed by atoms with van der Waals surface area (Å²) in [4.78, 5) is 14.7. The van der Waals surface area contributed by atoms with Crippen LogP contribution in [0.25, 0.3) is 10.9 Å². The molecule has 0 unspecified atom stereocenters. The van der Waals surface area contributed by atoms with Gasteiger partial charge in [-0.15, -0.1) is 0 Å². The fourth-order valence-corrected chi connectivity index (χ4v) is 8.45. The molecule has 1 fully saturated rings. The number of carbonyl (C=O) groups is 1. The summed E-state index contributed by atoms with van der Waals surface area (Å²) in [5.74, 6) is 0.860. The summed E-state index contributed by atoms with van der Waals surface area (Å²) in [7, 11) is -0.582. The molecule has 8 heteroatoms. The lowest BCUT2D eigenvalue weighted by atomic mass is 9.75. The monoisotopic (exact) mass is 552 g/mol. The van der Waals surface area contributed by atoms with E-state index in [0.717, 1.165) is 33.2 Å². The van der Waals surface area contributed by atoms with Crippen molar-refractivity contribution in [3.8, 4) is 5.75 Å². The number of methoxy groups -OCH3 is 1. The summed E-state index contributed by atoms with van der Waals surface area (Å²) in [6, 6.07) is 7.49. The molecule has 1 aromatic heterocycles. The van der Waals surface area contributed by atoms with Gasteiger partial charge in [-0.05, 0) is 65.5 Å². The molecule has 210 valence electrons. The lowest BCUT2D eigenvalue weighted by molar-refractivity contribution is -0.174. The Bertz CT molecular complexity index is 1550. The van der Waals surface area contributed by atoms with E-state index in [1.807, 2.05) is 19.1 Å². The summed E-state index contributed by atoms with van der Waals surface area (Å²) in [6.45, 7) is 14.4. The van der Waals surface area contributed by atoms with Crippen LogP contribution in [0, 0.1) is 0 Å². The number of hydrogen-bond donors (Lipinski definition) is 0. The first-order chi connectivity index (χ1) is 18.2. The van der Waals surface area contributed by atoms with Crippen LogP contribution >= 0.6 is 0 Å². The summed E-state index contributed by atoms with van der Waals surface area (Å²) in [5.41, 5.74) is 4.25. The Kier molecular flexibility index (Phi) is 6.66. The minimum atomic E-state index is -3.98. The maximum absolute atomic E-state index is 14.7. The molecule has 3 aromatic rings. The van der Waals surface area contributed by atoms with E-state index in [-0.39, 0.29) is 36.3 Å². The van der Waals surface area contributed by atoms with Crippen molar-refractivity contribution in [2.75, 3.05) is 20.8 Å². The van der Waals surface area contributed by atoms with Gasteiger partial charge in [0.05, 0.1) is 23.6 Å². The number of fused-ring (bicyclic) bond motifs is 2. The van der Waals surface area contributed by atoms with Crippen LogP contribution in [0.15, 0.2) is 35.4 Å². The largest absolute Gasteiger partial charge is 0.496 e. The van der Waals surface area contributed by atoms with Crippen LogP contribution in [-0.4, -0.2) is 50.0 Å². The third kappa shape index (κ3) is 4.01. The van der Waals surface area contributed by atoms with Crippen molar-refractivity contribution in [3.05, 3.63) is 58.3 Å². The van der Waals surface area contributed by atoms with Crippen LogP contribution in [0.3, 0.4) is 0 Å². The van der Waals surface area contributed by atoms with Crippen molar-refractivity contribution in [3.63, 3.8) is 0 Å². The first-order valence-electron chi connectivity index (χ1n) is 13.8. The molecule has 0 saturated carbocycles. The lowest BCUT2D eigenvalue weighted by Gasteiger charge is -2.49. The van der Waals surface area contributed by atoms with Gasteiger partial charge in [-0.25, -0.2) is 12.4 Å². The van der Waals surface area contributed by atoms with Gasteiger partial charge >= 0.3 is 0 Å².